The predicted molar refractivity (Wildman–Crippen MR) is 91.8 cm³/mol. The summed E-state index contributed by atoms with van der Waals surface area (Å²) < 4.78 is 0. The third kappa shape index (κ3) is 3.38. The molecule has 0 fully saturated rings. The van der Waals surface area contributed by atoms with Gasteiger partial charge in [0.2, 0.25) is 5.82 Å². The fourth-order valence-electron chi connectivity index (χ4n) is 2.52. The molecule has 1 unspecified atom stereocenters. The summed E-state index contributed by atoms with van der Waals surface area (Å²) in [5, 5.41) is 14.4. The van der Waals surface area contributed by atoms with E-state index in [1.165, 1.54) is 12.3 Å². The van der Waals surface area contributed by atoms with Crippen LogP contribution >= 0.6 is 0 Å². The zero-order chi connectivity index (χ0) is 16.9. The minimum Gasteiger partial charge on any atom is -0.352 e. The number of aromatic nitrogens is 2. The summed E-state index contributed by atoms with van der Waals surface area (Å²) in [7, 11) is 0. The number of anilines is 1. The van der Waals surface area contributed by atoms with Crippen LogP contribution < -0.4 is 5.32 Å². The van der Waals surface area contributed by atoms with Crippen LogP contribution in [0.4, 0.5) is 11.5 Å². The second-order valence-corrected chi connectivity index (χ2v) is 5.37. The number of pyridine rings is 2. The lowest BCUT2D eigenvalue weighted by atomic mass is 10.0. The molecule has 0 amide bonds. The maximum atomic E-state index is 11.2. The highest BCUT2D eigenvalue weighted by atomic mass is 16.6. The Balaban J connectivity index is 2.05. The first kappa shape index (κ1) is 15.6. The predicted octanol–water partition coefficient (Wildman–Crippen LogP) is 3.89. The number of benzene rings is 1. The lowest BCUT2D eigenvalue weighted by molar-refractivity contribution is -0.384. The van der Waals surface area contributed by atoms with Crippen molar-refractivity contribution in [1.29, 1.82) is 0 Å². The number of hydrogen-bond acceptors (Lipinski definition) is 5. The molecule has 1 atom stereocenters. The van der Waals surface area contributed by atoms with E-state index in [0.29, 0.717) is 0 Å². The average molecular weight is 320 g/mol. The topological polar surface area (TPSA) is 81.0 Å². The van der Waals surface area contributed by atoms with Crippen LogP contribution in [0, 0.1) is 17.0 Å². The number of rotatable bonds is 5. The number of nitro groups is 1. The van der Waals surface area contributed by atoms with Crippen molar-refractivity contribution in [2.24, 2.45) is 0 Å². The van der Waals surface area contributed by atoms with E-state index >= 15 is 0 Å². The van der Waals surface area contributed by atoms with Crippen LogP contribution in [-0.2, 0) is 0 Å². The third-order valence-electron chi connectivity index (χ3n) is 3.62. The van der Waals surface area contributed by atoms with E-state index in [9.17, 15) is 10.1 Å². The molecule has 3 aromatic rings. The molecule has 0 aliphatic carbocycles. The molecular weight excluding hydrogens is 304 g/mol. The van der Waals surface area contributed by atoms with Crippen molar-refractivity contribution in [2.75, 3.05) is 5.32 Å². The Hall–Kier alpha value is -3.28. The molecule has 0 radical (unpaired) electrons. The number of aryl methyl sites for hydroxylation is 1. The minimum atomic E-state index is -0.443. The molecule has 6 heteroatoms. The summed E-state index contributed by atoms with van der Waals surface area (Å²) in [6, 6.07) is 16.2. The van der Waals surface area contributed by atoms with Crippen LogP contribution in [-0.4, -0.2) is 14.9 Å². The van der Waals surface area contributed by atoms with Gasteiger partial charge >= 0.3 is 5.69 Å². The van der Waals surface area contributed by atoms with E-state index in [4.69, 9.17) is 0 Å². The molecule has 1 N–H and O–H groups in total. The van der Waals surface area contributed by atoms with Crippen LogP contribution in [0.3, 0.4) is 0 Å². The molecule has 0 aliphatic heterocycles. The van der Waals surface area contributed by atoms with Gasteiger partial charge in [-0.2, -0.15) is 0 Å². The summed E-state index contributed by atoms with van der Waals surface area (Å²) >= 11 is 0. The second kappa shape index (κ2) is 6.87. The Morgan fingerprint density at radius 1 is 1.04 bits per heavy atom. The first-order valence-corrected chi connectivity index (χ1v) is 7.48. The van der Waals surface area contributed by atoms with Crippen LogP contribution in [0.1, 0.15) is 22.9 Å². The maximum Gasteiger partial charge on any atom is 0.311 e. The Kier molecular flexibility index (Phi) is 4.47. The van der Waals surface area contributed by atoms with Gasteiger partial charge in [-0.25, -0.2) is 4.98 Å². The highest BCUT2D eigenvalue weighted by molar-refractivity contribution is 5.57. The van der Waals surface area contributed by atoms with E-state index in [2.05, 4.69) is 15.3 Å². The Labute approximate surface area is 139 Å². The summed E-state index contributed by atoms with van der Waals surface area (Å²) in [4.78, 5) is 19.3. The lowest BCUT2D eigenvalue weighted by Crippen LogP contribution is -2.15. The normalized spacial score (nSPS) is 11.7. The van der Waals surface area contributed by atoms with Crippen molar-refractivity contribution in [3.8, 4) is 0 Å². The standard InChI is InChI=1S/C18H16N4O2/c1-13-6-4-7-14(12-13)17(15-8-2-3-10-19-15)21-18-16(22(23)24)9-5-11-20-18/h2-12,17H,1H3,(H,20,21). The molecular formula is C18H16N4O2. The summed E-state index contributed by atoms with van der Waals surface area (Å²) in [6.45, 7) is 2.00. The van der Waals surface area contributed by atoms with E-state index in [1.54, 1.807) is 12.3 Å². The van der Waals surface area contributed by atoms with Crippen LogP contribution in [0.5, 0.6) is 0 Å². The molecule has 0 spiro atoms. The molecule has 3 rings (SSSR count). The molecule has 1 aromatic carbocycles. The van der Waals surface area contributed by atoms with Gasteiger partial charge < -0.3 is 5.32 Å². The fraction of sp³-hybridized carbons (Fsp3) is 0.111. The lowest BCUT2D eigenvalue weighted by Gasteiger charge is -2.19. The fourth-order valence-corrected chi connectivity index (χ4v) is 2.52. The SMILES string of the molecule is Cc1cccc(C(Nc2ncccc2[N+](=O)[O-])c2ccccn2)c1. The molecule has 2 heterocycles. The van der Waals surface area contributed by atoms with E-state index < -0.39 is 4.92 Å². The van der Waals surface area contributed by atoms with Gasteiger partial charge in [-0.3, -0.25) is 15.1 Å². The zero-order valence-electron chi connectivity index (χ0n) is 13.1. The van der Waals surface area contributed by atoms with Crippen molar-refractivity contribution < 1.29 is 4.92 Å². The molecule has 24 heavy (non-hydrogen) atoms. The van der Waals surface area contributed by atoms with Crippen molar-refractivity contribution in [3.63, 3.8) is 0 Å². The largest absolute Gasteiger partial charge is 0.352 e. The number of hydrogen-bond donors (Lipinski definition) is 1. The number of nitrogens with one attached hydrogen (secondary N) is 1. The second-order valence-electron chi connectivity index (χ2n) is 5.37. The molecule has 0 saturated carbocycles. The van der Waals surface area contributed by atoms with Crippen LogP contribution in [0.15, 0.2) is 67.0 Å². The van der Waals surface area contributed by atoms with Gasteiger partial charge in [0, 0.05) is 18.5 Å². The monoisotopic (exact) mass is 320 g/mol. The smallest absolute Gasteiger partial charge is 0.311 e. The van der Waals surface area contributed by atoms with Gasteiger partial charge in [0.05, 0.1) is 16.7 Å². The molecule has 6 nitrogen and oxygen atoms in total. The van der Waals surface area contributed by atoms with Gasteiger partial charge in [0.15, 0.2) is 0 Å². The summed E-state index contributed by atoms with van der Waals surface area (Å²) in [5.41, 5.74) is 2.77. The Morgan fingerprint density at radius 3 is 2.58 bits per heavy atom. The van der Waals surface area contributed by atoms with E-state index in [0.717, 1.165) is 16.8 Å². The van der Waals surface area contributed by atoms with Crippen molar-refractivity contribution in [1.82, 2.24) is 9.97 Å². The van der Waals surface area contributed by atoms with Crippen LogP contribution in [0.25, 0.3) is 0 Å². The zero-order valence-corrected chi connectivity index (χ0v) is 13.1. The van der Waals surface area contributed by atoms with Gasteiger partial charge in [0.25, 0.3) is 0 Å². The van der Waals surface area contributed by atoms with Gasteiger partial charge in [0.1, 0.15) is 0 Å². The molecule has 2 aromatic heterocycles. The van der Waals surface area contributed by atoms with E-state index in [-0.39, 0.29) is 17.5 Å². The minimum absolute atomic E-state index is 0.0638. The van der Waals surface area contributed by atoms with Gasteiger partial charge in [-0.1, -0.05) is 35.9 Å². The highest BCUT2D eigenvalue weighted by Crippen LogP contribution is 2.29. The Morgan fingerprint density at radius 2 is 1.88 bits per heavy atom. The maximum absolute atomic E-state index is 11.2. The van der Waals surface area contributed by atoms with Gasteiger partial charge in [-0.15, -0.1) is 0 Å². The first-order chi connectivity index (χ1) is 11.6. The summed E-state index contributed by atoms with van der Waals surface area (Å²) in [6.07, 6.45) is 3.23. The third-order valence-corrected chi connectivity index (χ3v) is 3.62. The highest BCUT2D eigenvalue weighted by Gasteiger charge is 2.21. The van der Waals surface area contributed by atoms with Crippen LogP contribution in [0.2, 0.25) is 0 Å². The molecule has 0 saturated heterocycles. The molecule has 120 valence electrons. The summed E-state index contributed by atoms with van der Waals surface area (Å²) in [5.74, 6) is 0.222. The van der Waals surface area contributed by atoms with Crippen molar-refractivity contribution in [2.45, 2.75) is 13.0 Å². The van der Waals surface area contributed by atoms with Crippen molar-refractivity contribution in [3.05, 3.63) is 93.9 Å². The molecule has 0 aliphatic rings. The van der Waals surface area contributed by atoms with Crippen molar-refractivity contribution >= 4 is 11.5 Å². The number of nitrogens with zero attached hydrogens (tertiary/aromatic N) is 3. The first-order valence-electron chi connectivity index (χ1n) is 7.48. The molecule has 0 bridgehead atoms. The Bertz CT molecular complexity index is 852. The van der Waals surface area contributed by atoms with E-state index in [1.807, 2.05) is 49.4 Å². The van der Waals surface area contributed by atoms with Gasteiger partial charge in [-0.05, 0) is 30.7 Å². The average Bonchev–Trinajstić information content (AvgIpc) is 2.60. The quantitative estimate of drug-likeness (QED) is 0.569.